The summed E-state index contributed by atoms with van der Waals surface area (Å²) in [6.45, 7) is 2.50. The smallest absolute Gasteiger partial charge is 0.340 e. The van der Waals surface area contributed by atoms with E-state index < -0.39 is 5.97 Å². The molecule has 35 heavy (non-hydrogen) atoms. The van der Waals surface area contributed by atoms with Crippen LogP contribution in [0.4, 0.5) is 23.1 Å². The van der Waals surface area contributed by atoms with Crippen LogP contribution in [0, 0.1) is 0 Å². The van der Waals surface area contributed by atoms with Gasteiger partial charge in [0, 0.05) is 17.9 Å². The number of carbonyl (C=O) groups is 1. The number of hydrogen-bond donors (Lipinski definition) is 2. The van der Waals surface area contributed by atoms with Gasteiger partial charge in [0.05, 0.1) is 30.8 Å². The molecule has 1 aromatic carbocycles. The zero-order chi connectivity index (χ0) is 24.2. The third-order valence-corrected chi connectivity index (χ3v) is 7.11. The molecule has 1 aliphatic carbocycles. The fraction of sp³-hybridized carbons (Fsp3) is 0.385. The minimum Gasteiger partial charge on any atom is -0.465 e. The monoisotopic (exact) mass is 492 g/mol. The van der Waals surface area contributed by atoms with E-state index in [9.17, 15) is 4.79 Å². The number of benzene rings is 1. The van der Waals surface area contributed by atoms with Crippen LogP contribution in [0.25, 0.3) is 0 Å². The van der Waals surface area contributed by atoms with Crippen molar-refractivity contribution < 1.29 is 9.53 Å². The number of nitrogens with zero attached hydrogens (tertiary/aromatic N) is 4. The third kappa shape index (κ3) is 5.39. The number of pyridine rings is 1. The van der Waals surface area contributed by atoms with Crippen LogP contribution in [0.2, 0.25) is 5.02 Å². The average molecular weight is 493 g/mol. The minimum atomic E-state index is -0.477. The Kier molecular flexibility index (Phi) is 7.11. The quantitative estimate of drug-likeness (QED) is 0.361. The van der Waals surface area contributed by atoms with E-state index in [1.807, 2.05) is 0 Å². The molecule has 182 valence electrons. The largest absolute Gasteiger partial charge is 0.465 e. The predicted octanol–water partition coefficient (Wildman–Crippen LogP) is 5.14. The van der Waals surface area contributed by atoms with Gasteiger partial charge >= 0.3 is 5.97 Å². The number of methoxy groups -OCH3 is 1. The van der Waals surface area contributed by atoms with Gasteiger partial charge in [-0.15, -0.1) is 0 Å². The second-order valence-electron chi connectivity index (χ2n) is 9.01. The highest BCUT2D eigenvalue weighted by molar-refractivity contribution is 6.33. The maximum absolute atomic E-state index is 12.1. The van der Waals surface area contributed by atoms with E-state index in [1.54, 1.807) is 6.07 Å². The van der Waals surface area contributed by atoms with Crippen LogP contribution >= 0.6 is 11.6 Å². The van der Waals surface area contributed by atoms with Gasteiger partial charge in [0.25, 0.3) is 0 Å². The topological polar surface area (TPSA) is 92.3 Å². The molecular weight excluding hydrogens is 464 g/mol. The number of rotatable bonds is 6. The van der Waals surface area contributed by atoms with Crippen molar-refractivity contribution in [2.45, 2.75) is 44.6 Å². The number of anilines is 4. The molecule has 0 radical (unpaired) electrons. The molecule has 3 heterocycles. The molecule has 1 aliphatic heterocycles. The van der Waals surface area contributed by atoms with Gasteiger partial charge in [0.15, 0.2) is 5.82 Å². The van der Waals surface area contributed by atoms with Crippen molar-refractivity contribution in [3.05, 3.63) is 64.6 Å². The van der Waals surface area contributed by atoms with Crippen molar-refractivity contribution in [3.8, 4) is 0 Å². The number of hydrogen-bond acceptors (Lipinski definition) is 8. The van der Waals surface area contributed by atoms with Crippen LogP contribution in [0.3, 0.4) is 0 Å². The Balaban J connectivity index is 1.31. The highest BCUT2D eigenvalue weighted by atomic mass is 35.5. The van der Waals surface area contributed by atoms with Crippen LogP contribution in [0.5, 0.6) is 0 Å². The normalized spacial score (nSPS) is 17.9. The van der Waals surface area contributed by atoms with Gasteiger partial charge in [-0.1, -0.05) is 17.7 Å². The summed E-state index contributed by atoms with van der Waals surface area (Å²) in [7, 11) is 1.33. The summed E-state index contributed by atoms with van der Waals surface area (Å²) in [6.07, 6.45) is 11.9. The second-order valence-corrected chi connectivity index (χ2v) is 9.42. The lowest BCUT2D eigenvalue weighted by Gasteiger charge is -2.25. The molecule has 1 fully saturated rings. The molecule has 2 N–H and O–H groups in total. The van der Waals surface area contributed by atoms with Gasteiger partial charge in [-0.3, -0.25) is 4.98 Å². The third-order valence-electron chi connectivity index (χ3n) is 6.84. The number of nitrogens with one attached hydrogen (secondary N) is 2. The van der Waals surface area contributed by atoms with E-state index in [0.29, 0.717) is 34.1 Å². The average Bonchev–Trinajstić information content (AvgIpc) is 3.33. The highest BCUT2D eigenvalue weighted by Crippen LogP contribution is 2.30. The van der Waals surface area contributed by atoms with Crippen molar-refractivity contribution in [1.29, 1.82) is 0 Å². The van der Waals surface area contributed by atoms with Gasteiger partial charge in [-0.05, 0) is 80.9 Å². The molecule has 2 aliphatic rings. The molecule has 0 spiro atoms. The number of fused-ring (bicyclic) bond motifs is 1. The van der Waals surface area contributed by atoms with E-state index in [4.69, 9.17) is 16.3 Å². The van der Waals surface area contributed by atoms with Crippen LogP contribution in [-0.2, 0) is 17.6 Å². The maximum Gasteiger partial charge on any atom is 0.340 e. The van der Waals surface area contributed by atoms with Crippen molar-refractivity contribution >= 4 is 40.7 Å². The maximum atomic E-state index is 12.1. The Hall–Kier alpha value is -3.23. The molecule has 1 saturated heterocycles. The fourth-order valence-electron chi connectivity index (χ4n) is 4.99. The number of ether oxygens (including phenoxy) is 1. The molecule has 0 amide bonds. The first-order valence-electron chi connectivity index (χ1n) is 12.1. The molecule has 2 aromatic heterocycles. The van der Waals surface area contributed by atoms with Crippen LogP contribution in [0.15, 0.2) is 42.9 Å². The van der Waals surface area contributed by atoms with E-state index in [1.165, 1.54) is 75.6 Å². The molecule has 3 aromatic rings. The molecule has 5 rings (SSSR count). The summed E-state index contributed by atoms with van der Waals surface area (Å²) in [5.41, 5.74) is 4.55. The first-order valence-corrected chi connectivity index (χ1v) is 12.4. The molecule has 9 heteroatoms. The predicted molar refractivity (Wildman–Crippen MR) is 137 cm³/mol. The lowest BCUT2D eigenvalue weighted by molar-refractivity contribution is 0.0602. The Morgan fingerprint density at radius 2 is 1.89 bits per heavy atom. The van der Waals surface area contributed by atoms with E-state index in [2.05, 4.69) is 48.7 Å². The Bertz CT molecular complexity index is 1210. The lowest BCUT2D eigenvalue weighted by Crippen LogP contribution is -2.32. The summed E-state index contributed by atoms with van der Waals surface area (Å²) in [6, 6.07) is 8.78. The molecule has 0 bridgehead atoms. The Labute approximate surface area is 210 Å². The van der Waals surface area contributed by atoms with Crippen molar-refractivity contribution in [2.24, 2.45) is 0 Å². The molecule has 8 nitrogen and oxygen atoms in total. The highest BCUT2D eigenvalue weighted by Gasteiger charge is 2.24. The minimum absolute atomic E-state index is 0.324. The van der Waals surface area contributed by atoms with E-state index in [-0.39, 0.29) is 0 Å². The van der Waals surface area contributed by atoms with Crippen LogP contribution in [0.1, 0.15) is 47.2 Å². The summed E-state index contributed by atoms with van der Waals surface area (Å²) >= 11 is 6.34. The molecule has 1 atom stereocenters. The Morgan fingerprint density at radius 1 is 1.09 bits per heavy atom. The first-order chi connectivity index (χ1) is 17.1. The fourth-order valence-corrected chi connectivity index (χ4v) is 5.13. The summed E-state index contributed by atoms with van der Waals surface area (Å²) < 4.78 is 4.85. The first kappa shape index (κ1) is 23.5. The SMILES string of the molecule is COC(=O)c1ccncc1Nc1nc(Nc2ccc3c(c2)CCC(N2CCCC2)CC3)ncc1Cl. The second kappa shape index (κ2) is 10.6. The van der Waals surface area contributed by atoms with Crippen LogP contribution < -0.4 is 10.6 Å². The zero-order valence-electron chi connectivity index (χ0n) is 19.8. The van der Waals surface area contributed by atoms with E-state index in [0.717, 1.165) is 18.5 Å². The van der Waals surface area contributed by atoms with Gasteiger partial charge in [-0.2, -0.15) is 4.98 Å². The Morgan fingerprint density at radius 3 is 2.69 bits per heavy atom. The van der Waals surface area contributed by atoms with E-state index >= 15 is 0 Å². The lowest BCUT2D eigenvalue weighted by atomic mass is 10.0. The zero-order valence-corrected chi connectivity index (χ0v) is 20.5. The van der Waals surface area contributed by atoms with Gasteiger partial charge < -0.3 is 20.3 Å². The number of likely N-dealkylation sites (tertiary alicyclic amines) is 1. The van der Waals surface area contributed by atoms with Crippen molar-refractivity contribution in [3.63, 3.8) is 0 Å². The van der Waals surface area contributed by atoms with Crippen molar-refractivity contribution in [1.82, 2.24) is 19.9 Å². The van der Waals surface area contributed by atoms with Gasteiger partial charge in [0.2, 0.25) is 5.95 Å². The van der Waals surface area contributed by atoms with Gasteiger partial charge in [0.1, 0.15) is 5.02 Å². The number of halogens is 1. The summed E-state index contributed by atoms with van der Waals surface area (Å²) in [5.74, 6) is 0.296. The number of esters is 1. The van der Waals surface area contributed by atoms with Gasteiger partial charge in [-0.25, -0.2) is 9.78 Å². The summed E-state index contributed by atoms with van der Waals surface area (Å²) in [5, 5.41) is 6.71. The number of aromatic nitrogens is 3. The molecule has 0 saturated carbocycles. The van der Waals surface area contributed by atoms with Crippen LogP contribution in [-0.4, -0.2) is 52.1 Å². The van der Waals surface area contributed by atoms with Crippen molar-refractivity contribution in [2.75, 3.05) is 30.8 Å². The standard InChI is InChI=1S/C26H29ClN6O2/c1-35-25(34)21-10-11-28-16-23(21)31-24-22(27)15-29-26(32-24)30-19-7-4-17-5-8-20(9-6-18(17)14-19)33-12-2-3-13-33/h4,7,10-11,14-16,20H,2-3,5-6,8-9,12-13H2,1H3,(H2,29,30,31,32). The summed E-state index contributed by atoms with van der Waals surface area (Å²) in [4.78, 5) is 27.7. The number of carbonyl (C=O) groups excluding carboxylic acids is 1. The molecular formula is C26H29ClN6O2. The number of aryl methyl sites for hydroxylation is 2. The molecule has 1 unspecified atom stereocenters.